The Morgan fingerprint density at radius 3 is 2.33 bits per heavy atom. The van der Waals surface area contributed by atoms with Crippen LogP contribution in [-0.2, 0) is 43.1 Å². The van der Waals surface area contributed by atoms with Crippen molar-refractivity contribution in [2.24, 2.45) is 28.6 Å². The molecule has 3 saturated carbocycles. The van der Waals surface area contributed by atoms with Crippen LogP contribution in [0.25, 0.3) is 0 Å². The summed E-state index contributed by atoms with van der Waals surface area (Å²) in [7, 11) is 0. The van der Waals surface area contributed by atoms with Crippen LogP contribution in [0.4, 0.5) is 0 Å². The number of Topliss-reactive ketones (excluding diaryl/α,β-unsaturated/α-hetero) is 2. The zero-order valence-electron chi connectivity index (χ0n) is 22.9. The van der Waals surface area contributed by atoms with Crippen LogP contribution in [0.2, 0.25) is 0 Å². The van der Waals surface area contributed by atoms with E-state index in [4.69, 9.17) is 9.57 Å². The summed E-state index contributed by atoms with van der Waals surface area (Å²) in [6.07, 6.45) is 3.94. The van der Waals surface area contributed by atoms with E-state index in [1.54, 1.807) is 13.0 Å². The molecular weight excluding hydrogens is 522 g/mol. The molecule has 5 aliphatic rings. The highest BCUT2D eigenvalue weighted by molar-refractivity contribution is 6.01. The van der Waals surface area contributed by atoms with Crippen LogP contribution >= 0.6 is 0 Å². The van der Waals surface area contributed by atoms with Gasteiger partial charge in [-0.2, -0.15) is 0 Å². The third kappa shape index (κ3) is 4.42. The molecule has 1 saturated heterocycles. The normalized spacial score (nSPS) is 36.9. The van der Waals surface area contributed by atoms with Gasteiger partial charge in [0.05, 0.1) is 12.8 Å². The van der Waals surface area contributed by atoms with Gasteiger partial charge in [-0.1, -0.05) is 19.4 Å². The van der Waals surface area contributed by atoms with Gasteiger partial charge >= 0.3 is 11.9 Å². The molecule has 0 radical (unpaired) electrons. The maximum absolute atomic E-state index is 13.7. The van der Waals surface area contributed by atoms with Gasteiger partial charge in [-0.3, -0.25) is 28.8 Å². The van der Waals surface area contributed by atoms with Crippen LogP contribution in [0.15, 0.2) is 11.6 Å². The van der Waals surface area contributed by atoms with Gasteiger partial charge in [-0.05, 0) is 55.4 Å². The molecule has 1 aliphatic heterocycles. The molecule has 4 fully saturated rings. The van der Waals surface area contributed by atoms with Gasteiger partial charge in [-0.15, -0.1) is 5.06 Å². The Morgan fingerprint density at radius 2 is 1.62 bits per heavy atom. The summed E-state index contributed by atoms with van der Waals surface area (Å²) in [4.78, 5) is 91.0. The Bertz CT molecular complexity index is 1220. The van der Waals surface area contributed by atoms with Crippen molar-refractivity contribution in [2.45, 2.75) is 90.1 Å². The molecule has 5 rings (SSSR count). The van der Waals surface area contributed by atoms with Gasteiger partial charge in [0.1, 0.15) is 11.4 Å². The fourth-order valence-corrected chi connectivity index (χ4v) is 8.19. The van der Waals surface area contributed by atoms with E-state index in [0.717, 1.165) is 18.4 Å². The number of aliphatic hydroxyl groups is 1. The Labute approximate surface area is 231 Å². The number of imide groups is 1. The minimum absolute atomic E-state index is 0.00444. The van der Waals surface area contributed by atoms with Crippen LogP contribution in [0.3, 0.4) is 0 Å². The number of hydrogen-bond acceptors (Lipinski definition) is 10. The second-order valence-corrected chi connectivity index (χ2v) is 12.4. The first-order chi connectivity index (χ1) is 18.8. The van der Waals surface area contributed by atoms with Gasteiger partial charge in [-0.25, -0.2) is 4.79 Å². The number of ketones is 3. The summed E-state index contributed by atoms with van der Waals surface area (Å²) in [6.45, 7) is 3.16. The van der Waals surface area contributed by atoms with E-state index in [1.165, 1.54) is 0 Å². The topological polar surface area (TPSA) is 161 Å². The van der Waals surface area contributed by atoms with Gasteiger partial charge < -0.3 is 14.7 Å². The third-order valence-corrected chi connectivity index (χ3v) is 10.4. The maximum atomic E-state index is 13.7. The van der Waals surface area contributed by atoms with E-state index >= 15 is 0 Å². The number of nitrogens with zero attached hydrogens (tertiary/aromatic N) is 1. The molecule has 1 heterocycles. The van der Waals surface area contributed by atoms with E-state index < -0.39 is 60.0 Å². The van der Waals surface area contributed by atoms with Crippen LogP contribution < -0.4 is 0 Å². The third-order valence-electron chi connectivity index (χ3n) is 10.4. The highest BCUT2D eigenvalue weighted by Gasteiger charge is 2.68. The Kier molecular flexibility index (Phi) is 7.09. The molecule has 40 heavy (non-hydrogen) atoms. The second kappa shape index (κ2) is 10.0. The lowest BCUT2D eigenvalue weighted by molar-refractivity contribution is -0.197. The van der Waals surface area contributed by atoms with Crippen molar-refractivity contribution in [1.29, 1.82) is 0 Å². The smallest absolute Gasteiger partial charge is 0.333 e. The molecule has 11 heteroatoms. The lowest BCUT2D eigenvalue weighted by Crippen LogP contribution is -2.61. The number of ether oxygens (including phenoxy) is 1. The molecule has 0 aromatic heterocycles. The predicted octanol–water partition coefficient (Wildman–Crippen LogP) is 1.93. The van der Waals surface area contributed by atoms with Crippen molar-refractivity contribution in [2.75, 3.05) is 6.61 Å². The van der Waals surface area contributed by atoms with Crippen LogP contribution in [0.5, 0.6) is 0 Å². The number of hydroxylamine groups is 2. The zero-order valence-corrected chi connectivity index (χ0v) is 22.9. The molecule has 2 amide bonds. The zero-order chi connectivity index (χ0) is 29.0. The molecule has 216 valence electrons. The van der Waals surface area contributed by atoms with Crippen molar-refractivity contribution >= 4 is 41.1 Å². The number of hydrogen-bond donors (Lipinski definition) is 1. The highest BCUT2D eigenvalue weighted by atomic mass is 16.7. The molecule has 4 aliphatic carbocycles. The summed E-state index contributed by atoms with van der Waals surface area (Å²) < 4.78 is 5.07. The number of fused-ring (bicyclic) bond motifs is 5. The Morgan fingerprint density at radius 1 is 0.950 bits per heavy atom. The number of carbonyl (C=O) groups excluding carboxylic acids is 7. The summed E-state index contributed by atoms with van der Waals surface area (Å²) in [6, 6.07) is 0. The SMILES string of the molecule is C[C@]12CCC(=O)C=C1CC[C@H]1[C@H]2C(=O)C[C@@]2(C)[C@H]1CC[C@]2(O)C(=O)COC(=O)CCC(=O)ON1C(=O)CCC1=O. The average molecular weight is 558 g/mol. The summed E-state index contributed by atoms with van der Waals surface area (Å²) in [5.74, 6) is -4.01. The second-order valence-electron chi connectivity index (χ2n) is 12.4. The van der Waals surface area contributed by atoms with Gasteiger partial charge in [0, 0.05) is 37.0 Å². The Hall–Kier alpha value is -3.21. The van der Waals surface area contributed by atoms with Crippen LogP contribution in [0.1, 0.15) is 84.5 Å². The van der Waals surface area contributed by atoms with Crippen molar-refractivity contribution in [3.05, 3.63) is 11.6 Å². The van der Waals surface area contributed by atoms with E-state index in [1.807, 2.05) is 0 Å². The number of carbonyl (C=O) groups is 7. The predicted molar refractivity (Wildman–Crippen MR) is 134 cm³/mol. The molecule has 0 aromatic rings. The molecule has 1 N–H and O–H groups in total. The van der Waals surface area contributed by atoms with E-state index in [2.05, 4.69) is 6.92 Å². The van der Waals surface area contributed by atoms with Gasteiger partial charge in [0.15, 0.2) is 12.4 Å². The number of amides is 2. The molecule has 6 atom stereocenters. The number of rotatable bonds is 7. The molecule has 0 spiro atoms. The molecule has 0 aromatic carbocycles. The number of esters is 1. The van der Waals surface area contributed by atoms with Crippen molar-refractivity contribution < 1.29 is 48.2 Å². The van der Waals surface area contributed by atoms with E-state index in [9.17, 15) is 38.7 Å². The molecule has 0 unspecified atom stereocenters. The van der Waals surface area contributed by atoms with Crippen molar-refractivity contribution in [3.8, 4) is 0 Å². The average Bonchev–Trinajstić information content (AvgIpc) is 3.36. The van der Waals surface area contributed by atoms with Crippen molar-refractivity contribution in [1.82, 2.24) is 5.06 Å². The minimum atomic E-state index is -1.84. The van der Waals surface area contributed by atoms with Crippen LogP contribution in [0, 0.1) is 28.6 Å². The van der Waals surface area contributed by atoms with E-state index in [0.29, 0.717) is 24.3 Å². The standard InChI is InChI=1S/C29H35NO10/c1-27-11-9-17(31)13-16(27)3-4-18-19-10-12-29(38,28(19,2)14-20(32)26(18)27)21(33)15-39-24(36)7-8-25(37)40-30-22(34)5-6-23(30)35/h13,18-19,26,38H,3-12,14-15H2,1-2H3/t18-,19+,26+,27+,28+,29+/m1/s1. The fourth-order valence-electron chi connectivity index (χ4n) is 8.19. The van der Waals surface area contributed by atoms with Crippen molar-refractivity contribution in [3.63, 3.8) is 0 Å². The summed E-state index contributed by atoms with van der Waals surface area (Å²) in [5.41, 5.74) is -2.18. The maximum Gasteiger partial charge on any atom is 0.333 e. The molecule has 11 nitrogen and oxygen atoms in total. The summed E-state index contributed by atoms with van der Waals surface area (Å²) in [5, 5.41) is 12.1. The first kappa shape index (κ1) is 28.3. The molecular formula is C29H35NO10. The first-order valence-electron chi connectivity index (χ1n) is 14.0. The quantitative estimate of drug-likeness (QED) is 0.362. The molecule has 0 bridgehead atoms. The van der Waals surface area contributed by atoms with Gasteiger partial charge in [0.25, 0.3) is 11.8 Å². The largest absolute Gasteiger partial charge is 0.458 e. The first-order valence-corrected chi connectivity index (χ1v) is 14.0. The lowest BCUT2D eigenvalue weighted by atomic mass is 9.46. The summed E-state index contributed by atoms with van der Waals surface area (Å²) >= 11 is 0. The van der Waals surface area contributed by atoms with Gasteiger partial charge in [0.2, 0.25) is 5.78 Å². The van der Waals surface area contributed by atoms with Crippen LogP contribution in [-0.4, -0.2) is 63.5 Å². The number of allylic oxidation sites excluding steroid dienone is 1. The Balaban J connectivity index is 1.20. The highest BCUT2D eigenvalue weighted by Crippen LogP contribution is 2.66. The lowest BCUT2D eigenvalue weighted by Gasteiger charge is -2.57. The van der Waals surface area contributed by atoms with E-state index in [-0.39, 0.29) is 60.4 Å². The fraction of sp³-hybridized carbons (Fsp3) is 0.690. The monoisotopic (exact) mass is 557 g/mol. The minimum Gasteiger partial charge on any atom is -0.458 e.